The molecule has 19 heavy (non-hydrogen) atoms. The minimum atomic E-state index is -0.338. The number of piperazine rings is 1. The Morgan fingerprint density at radius 3 is 3.05 bits per heavy atom. The van der Waals surface area contributed by atoms with Crippen LogP contribution < -0.4 is 4.90 Å². The van der Waals surface area contributed by atoms with Crippen LogP contribution >= 0.6 is 0 Å². The first-order valence-corrected chi connectivity index (χ1v) is 6.84. The van der Waals surface area contributed by atoms with Gasteiger partial charge in [0.1, 0.15) is 0 Å². The summed E-state index contributed by atoms with van der Waals surface area (Å²) in [5.41, 5.74) is 0.117. The molecule has 2 aliphatic heterocycles. The predicted molar refractivity (Wildman–Crippen MR) is 72.3 cm³/mol. The lowest BCUT2D eigenvalue weighted by Gasteiger charge is -2.44. The SMILES string of the molecule is O=[N+]([O-])c1cccnc1N1CCN2CCCCC2C1. The zero-order valence-electron chi connectivity index (χ0n) is 10.9. The third kappa shape index (κ3) is 2.40. The number of hydrogen-bond acceptors (Lipinski definition) is 5. The molecule has 6 heteroatoms. The van der Waals surface area contributed by atoms with Crippen molar-refractivity contribution in [3.63, 3.8) is 0 Å². The Bertz CT molecular complexity index is 479. The highest BCUT2D eigenvalue weighted by Crippen LogP contribution is 2.29. The Morgan fingerprint density at radius 2 is 2.21 bits per heavy atom. The number of anilines is 1. The van der Waals surface area contributed by atoms with E-state index in [-0.39, 0.29) is 10.6 Å². The molecule has 0 bridgehead atoms. The second kappa shape index (κ2) is 5.13. The van der Waals surface area contributed by atoms with Crippen molar-refractivity contribution >= 4 is 11.5 Å². The highest BCUT2D eigenvalue weighted by atomic mass is 16.6. The summed E-state index contributed by atoms with van der Waals surface area (Å²) in [7, 11) is 0. The number of aromatic nitrogens is 1. The second-order valence-corrected chi connectivity index (χ2v) is 5.23. The molecule has 0 radical (unpaired) electrons. The van der Waals surface area contributed by atoms with Gasteiger partial charge in [-0.3, -0.25) is 15.0 Å². The Hall–Kier alpha value is -1.69. The molecule has 2 fully saturated rings. The summed E-state index contributed by atoms with van der Waals surface area (Å²) < 4.78 is 0. The molecule has 3 rings (SSSR count). The average molecular weight is 262 g/mol. The van der Waals surface area contributed by atoms with Gasteiger partial charge in [-0.05, 0) is 25.5 Å². The fraction of sp³-hybridized carbons (Fsp3) is 0.615. The minimum absolute atomic E-state index is 0.117. The quantitative estimate of drug-likeness (QED) is 0.599. The van der Waals surface area contributed by atoms with Crippen LogP contribution in [0.3, 0.4) is 0 Å². The molecule has 0 N–H and O–H groups in total. The smallest absolute Gasteiger partial charge is 0.311 e. The van der Waals surface area contributed by atoms with Gasteiger partial charge in [-0.2, -0.15) is 0 Å². The van der Waals surface area contributed by atoms with Gasteiger partial charge in [-0.1, -0.05) is 6.42 Å². The van der Waals surface area contributed by atoms with Gasteiger partial charge in [0.05, 0.1) is 4.92 Å². The van der Waals surface area contributed by atoms with Crippen LogP contribution in [0.5, 0.6) is 0 Å². The Balaban J connectivity index is 1.81. The highest BCUT2D eigenvalue weighted by Gasteiger charge is 2.31. The highest BCUT2D eigenvalue weighted by molar-refractivity contribution is 5.57. The lowest BCUT2D eigenvalue weighted by Crippen LogP contribution is -2.55. The number of rotatable bonds is 2. The second-order valence-electron chi connectivity index (χ2n) is 5.23. The topological polar surface area (TPSA) is 62.5 Å². The lowest BCUT2D eigenvalue weighted by molar-refractivity contribution is -0.384. The van der Waals surface area contributed by atoms with Crippen LogP contribution in [0.4, 0.5) is 11.5 Å². The summed E-state index contributed by atoms with van der Waals surface area (Å²) in [4.78, 5) is 19.5. The minimum Gasteiger partial charge on any atom is -0.348 e. The maximum atomic E-state index is 11.1. The molecular formula is C13H18N4O2. The lowest BCUT2D eigenvalue weighted by atomic mass is 9.99. The molecule has 1 aromatic rings. The van der Waals surface area contributed by atoms with Crippen molar-refractivity contribution in [3.05, 3.63) is 28.4 Å². The van der Waals surface area contributed by atoms with E-state index in [4.69, 9.17) is 0 Å². The van der Waals surface area contributed by atoms with E-state index in [0.717, 1.165) is 19.6 Å². The molecule has 0 amide bonds. The zero-order valence-corrected chi connectivity index (χ0v) is 10.9. The molecule has 102 valence electrons. The number of nitro groups is 1. The molecule has 0 spiro atoms. The number of fused-ring (bicyclic) bond motifs is 1. The molecule has 0 saturated carbocycles. The number of hydrogen-bond donors (Lipinski definition) is 0. The first-order chi connectivity index (χ1) is 9.25. The third-order valence-corrected chi connectivity index (χ3v) is 4.10. The number of pyridine rings is 1. The van der Waals surface area contributed by atoms with Crippen LogP contribution in [0.2, 0.25) is 0 Å². The van der Waals surface area contributed by atoms with Gasteiger partial charge in [-0.25, -0.2) is 4.98 Å². The summed E-state index contributed by atoms with van der Waals surface area (Å²) >= 11 is 0. The average Bonchev–Trinajstić information content (AvgIpc) is 2.46. The fourth-order valence-electron chi connectivity index (χ4n) is 3.12. The molecular weight excluding hydrogens is 244 g/mol. The maximum absolute atomic E-state index is 11.1. The Morgan fingerprint density at radius 1 is 1.32 bits per heavy atom. The van der Waals surface area contributed by atoms with Crippen molar-refractivity contribution in [3.8, 4) is 0 Å². The summed E-state index contributed by atoms with van der Waals surface area (Å²) in [6.07, 6.45) is 5.37. The first kappa shape index (κ1) is 12.3. The number of nitrogens with zero attached hydrogens (tertiary/aromatic N) is 4. The van der Waals surface area contributed by atoms with Gasteiger partial charge < -0.3 is 4.90 Å². The van der Waals surface area contributed by atoms with E-state index < -0.39 is 0 Å². The molecule has 2 aliphatic rings. The summed E-state index contributed by atoms with van der Waals surface area (Å²) in [5, 5.41) is 11.1. The van der Waals surface area contributed by atoms with Crippen LogP contribution in [0.15, 0.2) is 18.3 Å². The van der Waals surface area contributed by atoms with Gasteiger partial charge in [0.2, 0.25) is 5.82 Å². The van der Waals surface area contributed by atoms with Crippen LogP contribution in [-0.2, 0) is 0 Å². The van der Waals surface area contributed by atoms with Gasteiger partial charge >= 0.3 is 5.69 Å². The number of piperidine rings is 1. The Kier molecular flexibility index (Phi) is 3.33. The Labute approximate surface area is 112 Å². The van der Waals surface area contributed by atoms with Crippen LogP contribution in [0.25, 0.3) is 0 Å². The molecule has 2 saturated heterocycles. The molecule has 0 aliphatic carbocycles. The summed E-state index contributed by atoms with van der Waals surface area (Å²) in [6, 6.07) is 3.69. The molecule has 6 nitrogen and oxygen atoms in total. The van der Waals surface area contributed by atoms with Crippen LogP contribution in [0, 0.1) is 10.1 Å². The predicted octanol–water partition coefficient (Wildman–Crippen LogP) is 1.66. The summed E-state index contributed by atoms with van der Waals surface area (Å²) in [6.45, 7) is 3.84. The standard InChI is InChI=1S/C13H18N4O2/c18-17(19)12-5-3-6-14-13(12)16-9-8-15-7-2-1-4-11(15)10-16/h3,5-6,11H,1-2,4,7-10H2. The van der Waals surface area contributed by atoms with Crippen molar-refractivity contribution < 1.29 is 4.92 Å². The van der Waals surface area contributed by atoms with Crippen molar-refractivity contribution in [2.45, 2.75) is 25.3 Å². The van der Waals surface area contributed by atoms with E-state index in [2.05, 4.69) is 14.8 Å². The summed E-state index contributed by atoms with van der Waals surface area (Å²) in [5.74, 6) is 0.526. The van der Waals surface area contributed by atoms with Gasteiger partial charge in [0.15, 0.2) is 0 Å². The van der Waals surface area contributed by atoms with Gasteiger partial charge in [0, 0.05) is 37.9 Å². The van der Waals surface area contributed by atoms with E-state index in [1.165, 1.54) is 31.9 Å². The molecule has 1 aromatic heterocycles. The van der Waals surface area contributed by atoms with Crippen molar-refractivity contribution in [2.24, 2.45) is 0 Å². The van der Waals surface area contributed by atoms with E-state index in [1.54, 1.807) is 12.3 Å². The van der Waals surface area contributed by atoms with Crippen molar-refractivity contribution in [1.29, 1.82) is 0 Å². The monoisotopic (exact) mass is 262 g/mol. The first-order valence-electron chi connectivity index (χ1n) is 6.84. The van der Waals surface area contributed by atoms with Crippen LogP contribution in [0.1, 0.15) is 19.3 Å². The van der Waals surface area contributed by atoms with Crippen molar-refractivity contribution in [1.82, 2.24) is 9.88 Å². The van der Waals surface area contributed by atoms with E-state index in [1.807, 2.05) is 0 Å². The van der Waals surface area contributed by atoms with Crippen LogP contribution in [-0.4, -0.2) is 47.0 Å². The molecule has 1 atom stereocenters. The van der Waals surface area contributed by atoms with Gasteiger partial charge in [0.25, 0.3) is 0 Å². The zero-order chi connectivity index (χ0) is 13.2. The van der Waals surface area contributed by atoms with E-state index in [0.29, 0.717) is 11.9 Å². The van der Waals surface area contributed by atoms with Gasteiger partial charge in [-0.15, -0.1) is 0 Å². The van der Waals surface area contributed by atoms with Crippen molar-refractivity contribution in [2.75, 3.05) is 31.1 Å². The largest absolute Gasteiger partial charge is 0.348 e. The molecule has 0 aromatic carbocycles. The fourth-order valence-corrected chi connectivity index (χ4v) is 3.12. The normalized spacial score (nSPS) is 24.0. The van der Waals surface area contributed by atoms with E-state index in [9.17, 15) is 10.1 Å². The molecule has 1 unspecified atom stereocenters. The third-order valence-electron chi connectivity index (χ3n) is 4.10. The van der Waals surface area contributed by atoms with E-state index >= 15 is 0 Å². The molecule has 3 heterocycles. The maximum Gasteiger partial charge on any atom is 0.311 e.